The van der Waals surface area contributed by atoms with E-state index in [2.05, 4.69) is 6.92 Å². The van der Waals surface area contributed by atoms with E-state index < -0.39 is 5.60 Å². The van der Waals surface area contributed by atoms with Gasteiger partial charge in [-0.25, -0.2) is 0 Å². The Morgan fingerprint density at radius 3 is 2.43 bits per heavy atom. The number of ether oxygens (including phenoxy) is 1. The molecule has 0 N–H and O–H groups in total. The molecule has 23 heavy (non-hydrogen) atoms. The first-order valence-corrected chi connectivity index (χ1v) is 7.88. The summed E-state index contributed by atoms with van der Waals surface area (Å²) in [6.45, 7) is 5.93. The number of carbonyl (C=O) groups excluding carboxylic acids is 2. The maximum Gasteiger partial charge on any atom is 0.170 e. The molecule has 0 spiro atoms. The van der Waals surface area contributed by atoms with E-state index >= 15 is 0 Å². The van der Waals surface area contributed by atoms with Gasteiger partial charge in [-0.3, -0.25) is 9.59 Å². The molecule has 118 valence electrons. The number of hydrogen-bond donors (Lipinski definition) is 0. The van der Waals surface area contributed by atoms with Gasteiger partial charge in [0.1, 0.15) is 17.6 Å². The van der Waals surface area contributed by atoms with Gasteiger partial charge in [-0.2, -0.15) is 0 Å². The van der Waals surface area contributed by atoms with E-state index in [1.807, 2.05) is 38.1 Å². The van der Waals surface area contributed by atoms with E-state index in [0.717, 1.165) is 29.4 Å². The first-order valence-electron chi connectivity index (χ1n) is 7.88. The van der Waals surface area contributed by atoms with Crippen LogP contribution in [0.25, 0.3) is 11.1 Å². The molecule has 3 rings (SSSR count). The molecule has 0 fully saturated rings. The molecule has 3 nitrogen and oxygen atoms in total. The van der Waals surface area contributed by atoms with Crippen LogP contribution in [-0.4, -0.2) is 17.7 Å². The maximum absolute atomic E-state index is 12.4. The Balaban J connectivity index is 2.13. The minimum Gasteiger partial charge on any atom is -0.487 e. The van der Waals surface area contributed by atoms with Gasteiger partial charge in [-0.15, -0.1) is 0 Å². The molecule has 0 saturated carbocycles. The standard InChI is InChI=1S/C20H20O3/c1-4-14-9-17-18(22)11-20(2,3)23-19(17)10-16(14)15-7-5-13(12-21)6-8-15/h5-10,12H,4,11H2,1-3H3. The second-order valence-corrected chi connectivity index (χ2v) is 6.56. The summed E-state index contributed by atoms with van der Waals surface area (Å²) in [4.78, 5) is 23.2. The lowest BCUT2D eigenvalue weighted by Gasteiger charge is -2.32. The van der Waals surface area contributed by atoms with Crippen molar-refractivity contribution in [2.75, 3.05) is 0 Å². The SMILES string of the molecule is CCc1cc2c(cc1-c1ccc(C=O)cc1)OC(C)(C)CC2=O. The first kappa shape index (κ1) is 15.5. The van der Waals surface area contributed by atoms with Crippen molar-refractivity contribution in [2.24, 2.45) is 0 Å². The third kappa shape index (κ3) is 2.91. The molecule has 1 heterocycles. The Labute approximate surface area is 136 Å². The van der Waals surface area contributed by atoms with Crippen LogP contribution in [0, 0.1) is 0 Å². The Kier molecular flexibility index (Phi) is 3.80. The Hall–Kier alpha value is -2.42. The van der Waals surface area contributed by atoms with Crippen molar-refractivity contribution in [3.05, 3.63) is 53.1 Å². The molecule has 1 aliphatic heterocycles. The Bertz CT molecular complexity index is 770. The van der Waals surface area contributed by atoms with Crippen LogP contribution in [0.2, 0.25) is 0 Å². The molecule has 0 saturated heterocycles. The third-order valence-electron chi connectivity index (χ3n) is 4.22. The highest BCUT2D eigenvalue weighted by atomic mass is 16.5. The van der Waals surface area contributed by atoms with Gasteiger partial charge in [-0.1, -0.05) is 31.2 Å². The number of rotatable bonds is 3. The van der Waals surface area contributed by atoms with E-state index in [1.54, 1.807) is 12.1 Å². The molecule has 1 aliphatic rings. The van der Waals surface area contributed by atoms with Gasteiger partial charge >= 0.3 is 0 Å². The molecule has 2 aromatic carbocycles. The average Bonchev–Trinajstić information content (AvgIpc) is 2.53. The van der Waals surface area contributed by atoms with E-state index in [-0.39, 0.29) is 5.78 Å². The molecule has 3 heteroatoms. The highest BCUT2D eigenvalue weighted by Crippen LogP contribution is 2.38. The van der Waals surface area contributed by atoms with Gasteiger partial charge in [0, 0.05) is 5.56 Å². The van der Waals surface area contributed by atoms with Crippen molar-refractivity contribution in [3.63, 3.8) is 0 Å². The second-order valence-electron chi connectivity index (χ2n) is 6.56. The van der Waals surface area contributed by atoms with E-state index in [9.17, 15) is 9.59 Å². The summed E-state index contributed by atoms with van der Waals surface area (Å²) < 4.78 is 6.02. The summed E-state index contributed by atoms with van der Waals surface area (Å²) in [6.07, 6.45) is 2.06. The second kappa shape index (κ2) is 5.65. The molecule has 0 amide bonds. The van der Waals surface area contributed by atoms with Crippen LogP contribution >= 0.6 is 0 Å². The van der Waals surface area contributed by atoms with Crippen molar-refractivity contribution in [3.8, 4) is 16.9 Å². The lowest BCUT2D eigenvalue weighted by molar-refractivity contribution is 0.0620. The fourth-order valence-electron chi connectivity index (χ4n) is 3.05. The van der Waals surface area contributed by atoms with Gasteiger partial charge in [0.05, 0.1) is 12.0 Å². The molecular weight excluding hydrogens is 288 g/mol. The summed E-state index contributed by atoms with van der Waals surface area (Å²) >= 11 is 0. The van der Waals surface area contributed by atoms with E-state index in [0.29, 0.717) is 23.3 Å². The summed E-state index contributed by atoms with van der Waals surface area (Å²) in [6, 6.07) is 11.4. The number of carbonyl (C=O) groups is 2. The highest BCUT2D eigenvalue weighted by molar-refractivity contribution is 6.01. The lowest BCUT2D eigenvalue weighted by Crippen LogP contribution is -2.36. The molecule has 0 radical (unpaired) electrons. The predicted molar refractivity (Wildman–Crippen MR) is 90.3 cm³/mol. The molecule has 0 unspecified atom stereocenters. The smallest absolute Gasteiger partial charge is 0.170 e. The number of fused-ring (bicyclic) bond motifs is 1. The molecule has 0 bridgehead atoms. The van der Waals surface area contributed by atoms with Crippen LogP contribution in [0.3, 0.4) is 0 Å². The monoisotopic (exact) mass is 308 g/mol. The number of ketones is 1. The van der Waals surface area contributed by atoms with Crippen molar-refractivity contribution in [1.29, 1.82) is 0 Å². The zero-order valence-electron chi connectivity index (χ0n) is 13.7. The van der Waals surface area contributed by atoms with Gasteiger partial charge in [0.15, 0.2) is 5.78 Å². The number of aldehydes is 1. The fourth-order valence-corrected chi connectivity index (χ4v) is 3.05. The van der Waals surface area contributed by atoms with Crippen LogP contribution < -0.4 is 4.74 Å². The largest absolute Gasteiger partial charge is 0.487 e. The van der Waals surface area contributed by atoms with E-state index in [1.165, 1.54) is 0 Å². The molecule has 0 aliphatic carbocycles. The highest BCUT2D eigenvalue weighted by Gasteiger charge is 2.33. The minimum atomic E-state index is -0.476. The quantitative estimate of drug-likeness (QED) is 0.786. The van der Waals surface area contributed by atoms with Gasteiger partial charge in [0.25, 0.3) is 0 Å². The molecule has 0 atom stereocenters. The van der Waals surface area contributed by atoms with Crippen LogP contribution in [0.15, 0.2) is 36.4 Å². The van der Waals surface area contributed by atoms with Gasteiger partial charge in [0.2, 0.25) is 0 Å². The Morgan fingerprint density at radius 2 is 1.83 bits per heavy atom. The molecular formula is C20H20O3. The number of Topliss-reactive ketones (excluding diaryl/α,β-unsaturated/α-hetero) is 1. The minimum absolute atomic E-state index is 0.133. The molecule has 2 aromatic rings. The number of aryl methyl sites for hydroxylation is 1. The molecule has 0 aromatic heterocycles. The first-order chi connectivity index (χ1) is 10.9. The van der Waals surface area contributed by atoms with E-state index in [4.69, 9.17) is 4.74 Å². The van der Waals surface area contributed by atoms with Crippen molar-refractivity contribution < 1.29 is 14.3 Å². The summed E-state index contributed by atoms with van der Waals surface area (Å²) in [5.41, 5.74) is 4.03. The van der Waals surface area contributed by atoms with Crippen LogP contribution in [-0.2, 0) is 6.42 Å². The summed E-state index contributed by atoms with van der Waals surface area (Å²) in [5.74, 6) is 0.784. The fraction of sp³-hybridized carbons (Fsp3) is 0.300. The van der Waals surface area contributed by atoms with Crippen molar-refractivity contribution in [2.45, 2.75) is 39.2 Å². The maximum atomic E-state index is 12.4. The zero-order valence-corrected chi connectivity index (χ0v) is 13.7. The van der Waals surface area contributed by atoms with Crippen molar-refractivity contribution >= 4 is 12.1 Å². The average molecular weight is 308 g/mol. The lowest BCUT2D eigenvalue weighted by atomic mass is 9.88. The number of hydrogen-bond acceptors (Lipinski definition) is 3. The predicted octanol–water partition coefficient (Wildman–Crippen LogP) is 4.47. The van der Waals surface area contributed by atoms with Crippen molar-refractivity contribution in [1.82, 2.24) is 0 Å². The van der Waals surface area contributed by atoms with Crippen LogP contribution in [0.1, 0.15) is 53.5 Å². The van der Waals surface area contributed by atoms with Gasteiger partial charge in [-0.05, 0) is 49.1 Å². The van der Waals surface area contributed by atoms with Crippen LogP contribution in [0.5, 0.6) is 5.75 Å². The summed E-state index contributed by atoms with van der Waals surface area (Å²) in [7, 11) is 0. The normalized spacial score (nSPS) is 15.7. The summed E-state index contributed by atoms with van der Waals surface area (Å²) in [5, 5.41) is 0. The topological polar surface area (TPSA) is 43.4 Å². The Morgan fingerprint density at radius 1 is 1.13 bits per heavy atom. The van der Waals surface area contributed by atoms with Crippen LogP contribution in [0.4, 0.5) is 0 Å². The zero-order chi connectivity index (χ0) is 16.6. The number of benzene rings is 2. The third-order valence-corrected chi connectivity index (χ3v) is 4.22. The van der Waals surface area contributed by atoms with Gasteiger partial charge < -0.3 is 4.74 Å².